The molecule has 1 fully saturated rings. The maximum Gasteiger partial charge on any atom is 0.126 e. The highest BCUT2D eigenvalue weighted by Crippen LogP contribution is 2.44. The standard InChI is InChI=1S/C17H20N4O/c1-4-8-17(9-5-1)10-13-6-2-3-7-15(13)20-16(17)18-11-14-12-19-22-21-14/h2-3,6-7,12H,1,4-5,8-11H2,(H,18,20). The van der Waals surface area contributed by atoms with Crippen LogP contribution < -0.4 is 5.32 Å². The van der Waals surface area contributed by atoms with Gasteiger partial charge in [-0.05, 0) is 30.9 Å². The molecule has 0 radical (unpaired) electrons. The van der Waals surface area contributed by atoms with Gasteiger partial charge in [-0.2, -0.15) is 0 Å². The van der Waals surface area contributed by atoms with Crippen LogP contribution in [0.5, 0.6) is 0 Å². The number of amidine groups is 1. The Hall–Kier alpha value is -2.17. The maximum absolute atomic E-state index is 4.84. The number of aromatic nitrogens is 2. The Labute approximate surface area is 129 Å². The highest BCUT2D eigenvalue weighted by molar-refractivity contribution is 6.02. The van der Waals surface area contributed by atoms with Crippen LogP contribution in [0.2, 0.25) is 0 Å². The number of nitrogens with zero attached hydrogens (tertiary/aromatic N) is 3. The summed E-state index contributed by atoms with van der Waals surface area (Å²) in [6.07, 6.45) is 9.06. The van der Waals surface area contributed by atoms with Gasteiger partial charge in [-0.25, -0.2) is 4.63 Å². The van der Waals surface area contributed by atoms with Crippen LogP contribution in [0.1, 0.15) is 43.4 Å². The third-order valence-corrected chi connectivity index (χ3v) is 4.92. The summed E-state index contributed by atoms with van der Waals surface area (Å²) in [6, 6.07) is 8.57. The molecule has 0 saturated heterocycles. The Morgan fingerprint density at radius 1 is 1.18 bits per heavy atom. The molecule has 114 valence electrons. The molecule has 2 aromatic rings. The van der Waals surface area contributed by atoms with Gasteiger partial charge in [-0.1, -0.05) is 47.8 Å². The van der Waals surface area contributed by atoms with Gasteiger partial charge in [0.05, 0.1) is 12.7 Å². The third kappa shape index (κ3) is 2.40. The van der Waals surface area contributed by atoms with Crippen LogP contribution in [0, 0.1) is 5.41 Å². The molecule has 1 N–H and O–H groups in total. The van der Waals surface area contributed by atoms with E-state index in [4.69, 9.17) is 4.99 Å². The number of benzene rings is 1. The fourth-order valence-electron chi connectivity index (χ4n) is 3.77. The quantitative estimate of drug-likeness (QED) is 0.920. The summed E-state index contributed by atoms with van der Waals surface area (Å²) < 4.78 is 4.66. The molecule has 1 aromatic carbocycles. The minimum atomic E-state index is 0.170. The van der Waals surface area contributed by atoms with Gasteiger partial charge in [-0.3, -0.25) is 4.99 Å². The number of anilines is 1. The average Bonchev–Trinajstić information content (AvgIpc) is 3.07. The molecule has 2 aliphatic rings. The van der Waals surface area contributed by atoms with Crippen LogP contribution in [-0.2, 0) is 13.0 Å². The van der Waals surface area contributed by atoms with Crippen LogP contribution in [-0.4, -0.2) is 16.1 Å². The van der Waals surface area contributed by atoms with Crippen molar-refractivity contribution in [3.05, 3.63) is 41.7 Å². The topological polar surface area (TPSA) is 63.3 Å². The predicted molar refractivity (Wildman–Crippen MR) is 84.7 cm³/mol. The van der Waals surface area contributed by atoms with Crippen molar-refractivity contribution in [3.63, 3.8) is 0 Å². The molecule has 5 heteroatoms. The molecule has 1 spiro atoms. The molecule has 5 nitrogen and oxygen atoms in total. The summed E-state index contributed by atoms with van der Waals surface area (Å²) in [5, 5.41) is 11.1. The first kappa shape index (κ1) is 13.5. The lowest BCUT2D eigenvalue weighted by Crippen LogP contribution is -2.43. The second-order valence-electron chi connectivity index (χ2n) is 6.36. The van der Waals surface area contributed by atoms with Crippen LogP contribution in [0.15, 0.2) is 40.1 Å². The van der Waals surface area contributed by atoms with E-state index in [0.717, 1.165) is 18.0 Å². The van der Waals surface area contributed by atoms with Gasteiger partial charge < -0.3 is 5.32 Å². The minimum Gasteiger partial charge on any atom is -0.343 e. The van der Waals surface area contributed by atoms with Crippen molar-refractivity contribution in [2.24, 2.45) is 10.4 Å². The molecule has 1 aromatic heterocycles. The Kier molecular flexibility index (Phi) is 3.41. The summed E-state index contributed by atoms with van der Waals surface area (Å²) in [7, 11) is 0. The van der Waals surface area contributed by atoms with Crippen LogP contribution >= 0.6 is 0 Å². The number of aliphatic imine (C=N–C) groups is 1. The Morgan fingerprint density at radius 3 is 2.86 bits per heavy atom. The predicted octanol–water partition coefficient (Wildman–Crippen LogP) is 3.59. The van der Waals surface area contributed by atoms with Gasteiger partial charge in [0.25, 0.3) is 0 Å². The molecule has 2 heterocycles. The van der Waals surface area contributed by atoms with Gasteiger partial charge in [0.2, 0.25) is 0 Å². The minimum absolute atomic E-state index is 0.170. The SMILES string of the molecule is c1ccc2c(c1)CC1(CCCCC1)C(=NCc1cnon1)N2. The van der Waals surface area contributed by atoms with Crippen LogP contribution in [0.3, 0.4) is 0 Å². The Bertz CT molecular complexity index is 672. The van der Waals surface area contributed by atoms with Crippen LogP contribution in [0.4, 0.5) is 5.69 Å². The monoisotopic (exact) mass is 296 g/mol. The first-order valence-electron chi connectivity index (χ1n) is 8.02. The second-order valence-corrected chi connectivity index (χ2v) is 6.36. The molecule has 22 heavy (non-hydrogen) atoms. The van der Waals surface area contributed by atoms with Crippen molar-refractivity contribution in [1.29, 1.82) is 0 Å². The molecule has 0 amide bonds. The fraction of sp³-hybridized carbons (Fsp3) is 0.471. The molecule has 4 rings (SSSR count). The van der Waals surface area contributed by atoms with Crippen molar-refractivity contribution in [2.45, 2.75) is 45.1 Å². The van der Waals surface area contributed by atoms with E-state index in [1.807, 2.05) is 0 Å². The molecule has 0 unspecified atom stereocenters. The lowest BCUT2D eigenvalue weighted by molar-refractivity contribution is 0.278. The van der Waals surface area contributed by atoms with E-state index in [2.05, 4.69) is 44.5 Å². The van der Waals surface area contributed by atoms with E-state index in [9.17, 15) is 0 Å². The zero-order chi connectivity index (χ0) is 14.8. The smallest absolute Gasteiger partial charge is 0.126 e. The Balaban J connectivity index is 1.68. The Morgan fingerprint density at radius 2 is 2.05 bits per heavy atom. The zero-order valence-electron chi connectivity index (χ0n) is 12.6. The van der Waals surface area contributed by atoms with E-state index in [0.29, 0.717) is 6.54 Å². The van der Waals surface area contributed by atoms with Gasteiger partial charge >= 0.3 is 0 Å². The van der Waals surface area contributed by atoms with Crippen LogP contribution in [0.25, 0.3) is 0 Å². The van der Waals surface area contributed by atoms with E-state index >= 15 is 0 Å². The number of fused-ring (bicyclic) bond motifs is 1. The van der Waals surface area contributed by atoms with Crippen molar-refractivity contribution < 1.29 is 4.63 Å². The van der Waals surface area contributed by atoms with Gasteiger partial charge in [-0.15, -0.1) is 0 Å². The van der Waals surface area contributed by atoms with Gasteiger partial charge in [0.15, 0.2) is 0 Å². The lowest BCUT2D eigenvalue weighted by atomic mass is 9.67. The highest BCUT2D eigenvalue weighted by atomic mass is 16.6. The first-order chi connectivity index (χ1) is 10.9. The number of hydrogen-bond acceptors (Lipinski definition) is 4. The normalized spacial score (nSPS) is 21.5. The highest BCUT2D eigenvalue weighted by Gasteiger charge is 2.40. The number of rotatable bonds is 2. The number of nitrogens with one attached hydrogen (secondary N) is 1. The summed E-state index contributed by atoms with van der Waals surface area (Å²) in [5.41, 5.74) is 3.55. The number of hydrogen-bond donors (Lipinski definition) is 1. The van der Waals surface area contributed by atoms with E-state index in [1.165, 1.54) is 43.4 Å². The van der Waals surface area contributed by atoms with Crippen molar-refractivity contribution in [1.82, 2.24) is 10.3 Å². The van der Waals surface area contributed by atoms with Gasteiger partial charge in [0.1, 0.15) is 11.5 Å². The fourth-order valence-corrected chi connectivity index (χ4v) is 3.77. The average molecular weight is 296 g/mol. The molecular formula is C17H20N4O. The molecule has 0 atom stereocenters. The molecule has 1 aliphatic carbocycles. The van der Waals surface area contributed by atoms with E-state index in [1.54, 1.807) is 6.20 Å². The van der Waals surface area contributed by atoms with E-state index < -0.39 is 0 Å². The van der Waals surface area contributed by atoms with E-state index in [-0.39, 0.29) is 5.41 Å². The van der Waals surface area contributed by atoms with Gasteiger partial charge in [0, 0.05) is 11.1 Å². The second kappa shape index (κ2) is 5.55. The lowest BCUT2D eigenvalue weighted by Gasteiger charge is -2.42. The number of para-hydroxylation sites is 1. The molecule has 1 saturated carbocycles. The molecular weight excluding hydrogens is 276 g/mol. The summed E-state index contributed by atoms with van der Waals surface area (Å²) in [6.45, 7) is 0.524. The summed E-state index contributed by atoms with van der Waals surface area (Å²) in [5.74, 6) is 1.12. The van der Waals surface area contributed by atoms with Crippen molar-refractivity contribution in [3.8, 4) is 0 Å². The van der Waals surface area contributed by atoms with Crippen molar-refractivity contribution in [2.75, 3.05) is 5.32 Å². The molecule has 1 aliphatic heterocycles. The maximum atomic E-state index is 4.84. The first-order valence-corrected chi connectivity index (χ1v) is 8.02. The van der Waals surface area contributed by atoms with Crippen molar-refractivity contribution >= 4 is 11.5 Å². The zero-order valence-corrected chi connectivity index (χ0v) is 12.6. The summed E-state index contributed by atoms with van der Waals surface area (Å²) >= 11 is 0. The summed E-state index contributed by atoms with van der Waals surface area (Å²) in [4.78, 5) is 4.84. The third-order valence-electron chi connectivity index (χ3n) is 4.92. The molecule has 0 bridgehead atoms. The largest absolute Gasteiger partial charge is 0.343 e.